The zero-order valence-corrected chi connectivity index (χ0v) is 15.3. The Morgan fingerprint density at radius 1 is 1.08 bits per heavy atom. The van der Waals surface area contributed by atoms with E-state index in [9.17, 15) is 4.79 Å². The Hall–Kier alpha value is -2.79. The summed E-state index contributed by atoms with van der Waals surface area (Å²) in [6.45, 7) is 4.82. The molecule has 5 nitrogen and oxygen atoms in total. The van der Waals surface area contributed by atoms with E-state index in [2.05, 4.69) is 13.8 Å². The van der Waals surface area contributed by atoms with Crippen LogP contribution >= 0.6 is 0 Å². The summed E-state index contributed by atoms with van der Waals surface area (Å²) >= 11 is 0. The predicted octanol–water partition coefficient (Wildman–Crippen LogP) is 4.98. The Kier molecular flexibility index (Phi) is 3.96. The quantitative estimate of drug-likeness (QED) is 0.485. The van der Waals surface area contributed by atoms with E-state index < -0.39 is 0 Å². The van der Waals surface area contributed by atoms with E-state index in [-0.39, 0.29) is 11.5 Å². The highest BCUT2D eigenvalue weighted by atomic mass is 16.4. The number of hydrogen-bond acceptors (Lipinski definition) is 5. The average molecular weight is 351 g/mol. The van der Waals surface area contributed by atoms with E-state index in [4.69, 9.17) is 13.3 Å². The zero-order chi connectivity index (χ0) is 18.4. The molecule has 4 rings (SSSR count). The van der Waals surface area contributed by atoms with Gasteiger partial charge in [-0.05, 0) is 32.3 Å². The van der Waals surface area contributed by atoms with Crippen LogP contribution in [-0.4, -0.2) is 19.0 Å². The van der Waals surface area contributed by atoms with Crippen molar-refractivity contribution < 1.29 is 13.3 Å². The number of furan rings is 2. The summed E-state index contributed by atoms with van der Waals surface area (Å²) in [4.78, 5) is 13.8. The van der Waals surface area contributed by atoms with Crippen LogP contribution in [0, 0.1) is 0 Å². The largest absolute Gasteiger partial charge is 0.472 e. The van der Waals surface area contributed by atoms with Gasteiger partial charge in [-0.3, -0.25) is 0 Å². The number of rotatable bonds is 4. The molecular formula is C21H21NO4. The molecule has 0 aliphatic rings. The van der Waals surface area contributed by atoms with Crippen LogP contribution in [0.3, 0.4) is 0 Å². The lowest BCUT2D eigenvalue weighted by molar-refractivity contribution is 0.397. The molecule has 0 unspecified atom stereocenters. The minimum atomic E-state index is -0.359. The van der Waals surface area contributed by atoms with Crippen molar-refractivity contribution in [2.45, 2.75) is 26.3 Å². The number of hydrogen-bond donors (Lipinski definition) is 0. The summed E-state index contributed by atoms with van der Waals surface area (Å²) < 4.78 is 17.2. The van der Waals surface area contributed by atoms with Gasteiger partial charge in [0.1, 0.15) is 16.9 Å². The molecule has 134 valence electrons. The normalized spacial score (nSPS) is 12.1. The first-order valence-electron chi connectivity index (χ1n) is 8.65. The minimum absolute atomic E-state index is 0.203. The molecule has 3 aromatic heterocycles. The first-order valence-corrected chi connectivity index (χ1v) is 8.65. The van der Waals surface area contributed by atoms with Crippen LogP contribution in [0.25, 0.3) is 33.1 Å². The van der Waals surface area contributed by atoms with Gasteiger partial charge in [0.25, 0.3) is 0 Å². The summed E-state index contributed by atoms with van der Waals surface area (Å²) in [7, 11) is 3.96. The van der Waals surface area contributed by atoms with Crippen LogP contribution in [0.15, 0.2) is 54.8 Å². The van der Waals surface area contributed by atoms with Gasteiger partial charge in [-0.2, -0.15) is 0 Å². The van der Waals surface area contributed by atoms with Crippen LogP contribution in [0.1, 0.15) is 31.1 Å². The second-order valence-corrected chi connectivity index (χ2v) is 7.15. The van der Waals surface area contributed by atoms with Crippen LogP contribution in [0.2, 0.25) is 0 Å². The van der Waals surface area contributed by atoms with Gasteiger partial charge in [-0.1, -0.05) is 13.8 Å². The van der Waals surface area contributed by atoms with Gasteiger partial charge in [-0.15, -0.1) is 0 Å². The third-order valence-corrected chi connectivity index (χ3v) is 4.49. The van der Waals surface area contributed by atoms with Gasteiger partial charge >= 0.3 is 5.63 Å². The highest BCUT2D eigenvalue weighted by Crippen LogP contribution is 2.42. The second kappa shape index (κ2) is 6.18. The van der Waals surface area contributed by atoms with Crippen molar-refractivity contribution in [3.05, 3.63) is 58.5 Å². The predicted molar refractivity (Wildman–Crippen MR) is 101 cm³/mol. The van der Waals surface area contributed by atoms with Gasteiger partial charge in [0.05, 0.1) is 18.1 Å². The Morgan fingerprint density at radius 3 is 2.54 bits per heavy atom. The summed E-state index contributed by atoms with van der Waals surface area (Å²) in [5.74, 6) is 1.11. The standard InChI is InChI=1S/C21H21NO4/c1-12(2)19-18(14-7-8-24-11-14)15-9-13-5-6-17(23)25-20(13)16(10-22(3)4)21(15)26-19/h5-9,11-12H,10H2,1-4H3. The molecule has 0 N–H and O–H groups in total. The van der Waals surface area contributed by atoms with Crippen LogP contribution in [0.4, 0.5) is 0 Å². The molecule has 3 heterocycles. The number of nitrogens with zero attached hydrogens (tertiary/aromatic N) is 1. The van der Waals surface area contributed by atoms with Crippen LogP contribution in [0.5, 0.6) is 0 Å². The van der Waals surface area contributed by atoms with Gasteiger partial charge in [0, 0.05) is 40.4 Å². The van der Waals surface area contributed by atoms with Gasteiger partial charge in [-0.25, -0.2) is 4.79 Å². The Balaban J connectivity index is 2.17. The van der Waals surface area contributed by atoms with Crippen molar-refractivity contribution in [1.29, 1.82) is 0 Å². The molecule has 0 bridgehead atoms. The molecule has 4 aromatic rings. The minimum Gasteiger partial charge on any atom is -0.472 e. The Bertz CT molecular complexity index is 1130. The maximum Gasteiger partial charge on any atom is 0.336 e. The van der Waals surface area contributed by atoms with Crippen LogP contribution < -0.4 is 5.63 Å². The summed E-state index contributed by atoms with van der Waals surface area (Å²) in [6.07, 6.45) is 3.40. The van der Waals surface area contributed by atoms with Crippen LogP contribution in [-0.2, 0) is 6.54 Å². The molecule has 0 amide bonds. The Labute approximate surface area is 150 Å². The fourth-order valence-electron chi connectivity index (χ4n) is 3.43. The van der Waals surface area contributed by atoms with E-state index in [0.29, 0.717) is 12.1 Å². The first-order chi connectivity index (χ1) is 12.5. The Morgan fingerprint density at radius 2 is 1.88 bits per heavy atom. The molecule has 0 radical (unpaired) electrons. The lowest BCUT2D eigenvalue weighted by atomic mass is 9.97. The molecule has 0 spiro atoms. The van der Waals surface area contributed by atoms with Crippen molar-refractivity contribution in [1.82, 2.24) is 4.90 Å². The molecule has 0 aliphatic heterocycles. The van der Waals surface area contributed by atoms with Crippen molar-refractivity contribution in [2.75, 3.05) is 14.1 Å². The topological polar surface area (TPSA) is 59.7 Å². The van der Waals surface area contributed by atoms with Crippen molar-refractivity contribution >= 4 is 21.9 Å². The highest BCUT2D eigenvalue weighted by Gasteiger charge is 2.24. The summed E-state index contributed by atoms with van der Waals surface area (Å²) in [5.41, 5.74) is 3.90. The van der Waals surface area contributed by atoms with Crippen molar-refractivity contribution in [3.8, 4) is 11.1 Å². The first kappa shape index (κ1) is 16.7. The van der Waals surface area contributed by atoms with Crippen molar-refractivity contribution in [3.63, 3.8) is 0 Å². The molecule has 1 aromatic carbocycles. The fraction of sp³-hybridized carbons (Fsp3) is 0.286. The molecule has 0 saturated heterocycles. The smallest absolute Gasteiger partial charge is 0.336 e. The third-order valence-electron chi connectivity index (χ3n) is 4.49. The van der Waals surface area contributed by atoms with Gasteiger partial charge in [0.15, 0.2) is 0 Å². The fourth-order valence-corrected chi connectivity index (χ4v) is 3.43. The van der Waals surface area contributed by atoms with E-state index in [0.717, 1.165) is 38.8 Å². The van der Waals surface area contributed by atoms with E-state index in [1.54, 1.807) is 18.6 Å². The van der Waals surface area contributed by atoms with Crippen molar-refractivity contribution in [2.24, 2.45) is 0 Å². The SMILES string of the molecule is CC(C)c1oc2c(CN(C)C)c3oc(=O)ccc3cc2c1-c1ccoc1. The zero-order valence-electron chi connectivity index (χ0n) is 15.3. The van der Waals surface area contributed by atoms with Gasteiger partial charge < -0.3 is 18.2 Å². The number of fused-ring (bicyclic) bond motifs is 2. The van der Waals surface area contributed by atoms with Gasteiger partial charge in [0.2, 0.25) is 0 Å². The molecule has 26 heavy (non-hydrogen) atoms. The molecular weight excluding hydrogens is 330 g/mol. The van der Waals surface area contributed by atoms with E-state index in [1.807, 2.05) is 31.1 Å². The lowest BCUT2D eigenvalue weighted by Crippen LogP contribution is -2.11. The molecule has 0 fully saturated rings. The second-order valence-electron chi connectivity index (χ2n) is 7.15. The summed E-state index contributed by atoms with van der Waals surface area (Å²) in [6, 6.07) is 7.23. The number of benzene rings is 1. The van der Waals surface area contributed by atoms with E-state index >= 15 is 0 Å². The maximum absolute atomic E-state index is 11.8. The molecule has 5 heteroatoms. The third kappa shape index (κ3) is 2.65. The average Bonchev–Trinajstić information content (AvgIpc) is 3.21. The summed E-state index contributed by atoms with van der Waals surface area (Å²) in [5, 5.41) is 1.89. The molecule has 0 atom stereocenters. The molecule has 0 saturated carbocycles. The monoisotopic (exact) mass is 351 g/mol. The maximum atomic E-state index is 11.8. The molecule has 0 aliphatic carbocycles. The lowest BCUT2D eigenvalue weighted by Gasteiger charge is -2.12. The van der Waals surface area contributed by atoms with E-state index in [1.165, 1.54) is 6.07 Å². The highest BCUT2D eigenvalue weighted by molar-refractivity contribution is 6.05.